The molecule has 2 aliphatic rings. The second kappa shape index (κ2) is 7.42. The zero-order valence-corrected chi connectivity index (χ0v) is 17.2. The molecule has 0 radical (unpaired) electrons. The SMILES string of the molecule is CC(C)c1cc(F)c2c(c1NC(=O)N=[S@](N)(=O)c1cnn3c1OCCC3)CCC2. The summed E-state index contributed by atoms with van der Waals surface area (Å²) in [6, 6.07) is 0.627. The van der Waals surface area contributed by atoms with Crippen LogP contribution in [0.15, 0.2) is 21.5 Å². The van der Waals surface area contributed by atoms with Crippen molar-refractivity contribution in [2.45, 2.75) is 56.9 Å². The van der Waals surface area contributed by atoms with Crippen LogP contribution in [0.25, 0.3) is 0 Å². The number of nitrogens with one attached hydrogen (secondary N) is 1. The molecule has 0 spiro atoms. The molecule has 1 aromatic carbocycles. The largest absolute Gasteiger partial charge is 0.477 e. The molecule has 0 bridgehead atoms. The van der Waals surface area contributed by atoms with Crippen molar-refractivity contribution >= 4 is 21.6 Å². The normalized spacial score (nSPS) is 17.3. The van der Waals surface area contributed by atoms with Crippen LogP contribution in [0.1, 0.15) is 49.3 Å². The molecule has 10 heteroatoms. The molecule has 0 saturated carbocycles. The second-order valence-electron chi connectivity index (χ2n) is 7.62. The minimum atomic E-state index is -3.55. The van der Waals surface area contributed by atoms with Gasteiger partial charge in [0.25, 0.3) is 0 Å². The number of anilines is 1. The molecule has 3 N–H and O–H groups in total. The third kappa shape index (κ3) is 3.62. The first kappa shape index (κ1) is 19.8. The fourth-order valence-electron chi connectivity index (χ4n) is 3.90. The van der Waals surface area contributed by atoms with E-state index in [4.69, 9.17) is 9.88 Å². The zero-order chi connectivity index (χ0) is 20.8. The average Bonchev–Trinajstić information content (AvgIpc) is 3.30. The van der Waals surface area contributed by atoms with E-state index in [1.54, 1.807) is 4.68 Å². The number of nitrogens with zero attached hydrogens (tertiary/aromatic N) is 3. The first-order chi connectivity index (χ1) is 13.8. The van der Waals surface area contributed by atoms with Crippen LogP contribution in [0.4, 0.5) is 14.9 Å². The predicted octanol–water partition coefficient (Wildman–Crippen LogP) is 3.35. The van der Waals surface area contributed by atoms with Crippen LogP contribution in [-0.4, -0.2) is 26.6 Å². The molecule has 0 unspecified atom stereocenters. The molecule has 1 atom stereocenters. The Hall–Kier alpha value is -2.46. The number of fused-ring (bicyclic) bond motifs is 2. The number of nitrogens with two attached hydrogens (primary N) is 1. The van der Waals surface area contributed by atoms with Crippen LogP contribution < -0.4 is 15.2 Å². The Balaban J connectivity index is 1.69. The van der Waals surface area contributed by atoms with Gasteiger partial charge in [0.1, 0.15) is 10.7 Å². The number of rotatable bonds is 3. The van der Waals surface area contributed by atoms with E-state index in [0.717, 1.165) is 18.4 Å². The van der Waals surface area contributed by atoms with Gasteiger partial charge < -0.3 is 10.1 Å². The number of ether oxygens (including phenoxy) is 1. The highest BCUT2D eigenvalue weighted by Crippen LogP contribution is 2.37. The molecule has 2 amide bonds. The number of carbonyl (C=O) groups is 1. The van der Waals surface area contributed by atoms with Crippen molar-refractivity contribution in [2.24, 2.45) is 9.50 Å². The lowest BCUT2D eigenvalue weighted by molar-refractivity contribution is 0.224. The highest BCUT2D eigenvalue weighted by Gasteiger charge is 2.26. The van der Waals surface area contributed by atoms with Crippen molar-refractivity contribution < 1.29 is 18.1 Å². The highest BCUT2D eigenvalue weighted by atomic mass is 32.2. The second-order valence-corrected chi connectivity index (χ2v) is 9.38. The summed E-state index contributed by atoms with van der Waals surface area (Å²) in [5.74, 6) is 0.0253. The summed E-state index contributed by atoms with van der Waals surface area (Å²) in [6.07, 6.45) is 4.24. The number of urea groups is 1. The molecular formula is C19H24FN5O3S. The smallest absolute Gasteiger partial charge is 0.354 e. The van der Waals surface area contributed by atoms with Crippen LogP contribution in [0.5, 0.6) is 5.88 Å². The molecule has 1 aromatic heterocycles. The van der Waals surface area contributed by atoms with Crippen molar-refractivity contribution in [1.82, 2.24) is 9.78 Å². The number of aryl methyl sites for hydroxylation is 1. The molecule has 4 rings (SSSR count). The van der Waals surface area contributed by atoms with Crippen molar-refractivity contribution in [3.63, 3.8) is 0 Å². The summed E-state index contributed by atoms with van der Waals surface area (Å²) in [5.41, 5.74) is 2.64. The summed E-state index contributed by atoms with van der Waals surface area (Å²) in [6.45, 7) is 4.92. The summed E-state index contributed by atoms with van der Waals surface area (Å²) in [4.78, 5) is 12.8. The molecular weight excluding hydrogens is 397 g/mol. The van der Waals surface area contributed by atoms with Gasteiger partial charge in [-0.15, -0.1) is 4.36 Å². The zero-order valence-electron chi connectivity index (χ0n) is 16.4. The van der Waals surface area contributed by atoms with Gasteiger partial charge in [-0.1, -0.05) is 13.8 Å². The Kier molecular flexibility index (Phi) is 5.07. The maximum atomic E-state index is 14.4. The van der Waals surface area contributed by atoms with Gasteiger partial charge in [0.15, 0.2) is 9.92 Å². The number of carbonyl (C=O) groups excluding carboxylic acids is 1. The molecule has 156 valence electrons. The standard InChI is InChI=1S/C19H24FN5O3S/c1-11(2)14-9-15(20)12-5-3-6-13(12)17(14)23-19(26)24-29(21,27)16-10-22-25-7-4-8-28-18(16)25/h9-11H,3-8H2,1-2H3,(H3,21,23,24,26,27)/t29-/m0/s1. The maximum Gasteiger partial charge on any atom is 0.354 e. The quantitative estimate of drug-likeness (QED) is 0.791. The van der Waals surface area contributed by atoms with Gasteiger partial charge in [0.05, 0.1) is 12.8 Å². The van der Waals surface area contributed by atoms with Crippen LogP contribution in [0.3, 0.4) is 0 Å². The molecule has 0 saturated heterocycles. The average molecular weight is 421 g/mol. The number of hydrogen-bond donors (Lipinski definition) is 2. The fourth-order valence-corrected chi connectivity index (χ4v) is 4.91. The summed E-state index contributed by atoms with van der Waals surface area (Å²) in [5, 5.41) is 12.7. The number of hydrogen-bond acceptors (Lipinski definition) is 4. The van der Waals surface area contributed by atoms with E-state index in [1.165, 1.54) is 12.3 Å². The Labute approximate surface area is 168 Å². The Morgan fingerprint density at radius 3 is 2.90 bits per heavy atom. The first-order valence-electron chi connectivity index (χ1n) is 9.66. The number of benzene rings is 1. The lowest BCUT2D eigenvalue weighted by Gasteiger charge is -2.18. The third-order valence-electron chi connectivity index (χ3n) is 5.28. The lowest BCUT2D eigenvalue weighted by atomic mass is 9.95. The number of aromatic nitrogens is 2. The summed E-state index contributed by atoms with van der Waals surface area (Å²) in [7, 11) is -3.55. The van der Waals surface area contributed by atoms with E-state index in [0.29, 0.717) is 42.8 Å². The van der Waals surface area contributed by atoms with E-state index in [-0.39, 0.29) is 22.5 Å². The van der Waals surface area contributed by atoms with Crippen molar-refractivity contribution in [3.05, 3.63) is 34.8 Å². The van der Waals surface area contributed by atoms with Crippen molar-refractivity contribution in [3.8, 4) is 5.88 Å². The molecule has 1 aliphatic carbocycles. The van der Waals surface area contributed by atoms with Gasteiger partial charge in [0.2, 0.25) is 5.88 Å². The Morgan fingerprint density at radius 2 is 2.14 bits per heavy atom. The summed E-state index contributed by atoms with van der Waals surface area (Å²) < 4.78 is 38.2. The molecule has 8 nitrogen and oxygen atoms in total. The molecule has 29 heavy (non-hydrogen) atoms. The van der Waals surface area contributed by atoms with Gasteiger partial charge in [-0.3, -0.25) is 0 Å². The monoisotopic (exact) mass is 421 g/mol. The van der Waals surface area contributed by atoms with Gasteiger partial charge in [-0.2, -0.15) is 5.10 Å². The Morgan fingerprint density at radius 1 is 1.38 bits per heavy atom. The van der Waals surface area contributed by atoms with E-state index in [2.05, 4.69) is 14.8 Å². The van der Waals surface area contributed by atoms with E-state index >= 15 is 0 Å². The molecule has 2 heterocycles. The van der Waals surface area contributed by atoms with E-state index in [1.807, 2.05) is 13.8 Å². The van der Waals surface area contributed by atoms with Gasteiger partial charge in [-0.05, 0) is 47.9 Å². The fraction of sp³-hybridized carbons (Fsp3) is 0.474. The first-order valence-corrected chi connectivity index (χ1v) is 11.2. The van der Waals surface area contributed by atoms with Gasteiger partial charge in [0, 0.05) is 18.7 Å². The number of amides is 2. The minimum absolute atomic E-state index is 0.0102. The van der Waals surface area contributed by atoms with Crippen molar-refractivity contribution in [2.75, 3.05) is 11.9 Å². The van der Waals surface area contributed by atoms with E-state index < -0.39 is 15.9 Å². The van der Waals surface area contributed by atoms with Crippen LogP contribution in [0.2, 0.25) is 0 Å². The van der Waals surface area contributed by atoms with Crippen LogP contribution in [-0.2, 0) is 29.3 Å². The maximum absolute atomic E-state index is 14.4. The van der Waals surface area contributed by atoms with Crippen molar-refractivity contribution in [1.29, 1.82) is 0 Å². The predicted molar refractivity (Wildman–Crippen MR) is 107 cm³/mol. The number of halogens is 1. The minimum Gasteiger partial charge on any atom is -0.477 e. The highest BCUT2D eigenvalue weighted by molar-refractivity contribution is 7.91. The topological polar surface area (TPSA) is 112 Å². The molecule has 2 aromatic rings. The molecule has 0 fully saturated rings. The van der Waals surface area contributed by atoms with E-state index in [9.17, 15) is 13.4 Å². The van der Waals surface area contributed by atoms with Gasteiger partial charge in [-0.25, -0.2) is 23.2 Å². The Bertz CT molecular complexity index is 1100. The third-order valence-corrected chi connectivity index (χ3v) is 6.63. The summed E-state index contributed by atoms with van der Waals surface area (Å²) >= 11 is 0. The van der Waals surface area contributed by atoms with Crippen LogP contribution >= 0.6 is 0 Å². The van der Waals surface area contributed by atoms with Gasteiger partial charge >= 0.3 is 6.03 Å². The molecule has 1 aliphatic heterocycles. The lowest BCUT2D eigenvalue weighted by Crippen LogP contribution is -2.21. The van der Waals surface area contributed by atoms with Crippen LogP contribution in [0, 0.1) is 5.82 Å².